The van der Waals surface area contributed by atoms with Crippen molar-refractivity contribution < 1.29 is 18.1 Å². The van der Waals surface area contributed by atoms with Gasteiger partial charge in [-0.1, -0.05) is 38.1 Å². The molecule has 0 aromatic heterocycles. The number of nitro benzene ring substituents is 1. The maximum atomic E-state index is 12.6. The molecule has 0 saturated heterocycles. The van der Waals surface area contributed by atoms with Gasteiger partial charge < -0.3 is 5.32 Å². The summed E-state index contributed by atoms with van der Waals surface area (Å²) in [5.74, 6) is -0.369. The topological polar surface area (TPSA) is 110 Å². The molecule has 1 amide bonds. The highest BCUT2D eigenvalue weighted by Crippen LogP contribution is 2.28. The maximum Gasteiger partial charge on any atom is 0.271 e. The van der Waals surface area contributed by atoms with Gasteiger partial charge in [-0.25, -0.2) is 8.42 Å². The molecule has 0 radical (unpaired) electrons. The normalized spacial score (nSPS) is 11.3. The number of hydrogen-bond acceptors (Lipinski definition) is 5. The third-order valence-corrected chi connectivity index (χ3v) is 5.35. The molecule has 1 N–H and O–H groups in total. The lowest BCUT2D eigenvalue weighted by Gasteiger charge is -2.23. The smallest absolute Gasteiger partial charge is 0.271 e. The van der Waals surface area contributed by atoms with Crippen molar-refractivity contribution in [3.8, 4) is 0 Å². The minimum absolute atomic E-state index is 0.0562. The van der Waals surface area contributed by atoms with Crippen LogP contribution in [0.3, 0.4) is 0 Å². The number of sulfonamides is 1. The van der Waals surface area contributed by atoms with Gasteiger partial charge in [-0.3, -0.25) is 19.2 Å². The molecule has 2 aromatic rings. The van der Waals surface area contributed by atoms with E-state index in [0.717, 1.165) is 27.8 Å². The van der Waals surface area contributed by atoms with E-state index in [1.807, 2.05) is 39.0 Å². The Hall–Kier alpha value is -2.94. The molecule has 0 aliphatic carbocycles. The summed E-state index contributed by atoms with van der Waals surface area (Å²) in [6.45, 7) is 5.36. The zero-order valence-electron chi connectivity index (χ0n) is 16.2. The van der Waals surface area contributed by atoms with Crippen LogP contribution in [0.4, 0.5) is 17.1 Å². The van der Waals surface area contributed by atoms with Gasteiger partial charge in [-0.15, -0.1) is 0 Å². The van der Waals surface area contributed by atoms with Crippen LogP contribution in [-0.4, -0.2) is 32.0 Å². The average molecular weight is 405 g/mol. The molecule has 0 bridgehead atoms. The number of nitrogens with one attached hydrogen (secondary N) is 1. The van der Waals surface area contributed by atoms with Crippen LogP contribution in [-0.2, 0) is 14.8 Å². The van der Waals surface area contributed by atoms with Crippen LogP contribution >= 0.6 is 0 Å². The van der Waals surface area contributed by atoms with Gasteiger partial charge in [0.1, 0.15) is 6.54 Å². The van der Waals surface area contributed by atoms with Gasteiger partial charge in [0, 0.05) is 17.8 Å². The van der Waals surface area contributed by atoms with Gasteiger partial charge in [-0.2, -0.15) is 0 Å². The second-order valence-corrected chi connectivity index (χ2v) is 8.70. The molecular formula is C19H23N3O5S. The van der Waals surface area contributed by atoms with E-state index in [2.05, 4.69) is 5.32 Å². The molecule has 28 heavy (non-hydrogen) atoms. The third-order valence-electron chi connectivity index (χ3n) is 4.21. The summed E-state index contributed by atoms with van der Waals surface area (Å²) in [6, 6.07) is 10.8. The van der Waals surface area contributed by atoms with Crippen LogP contribution in [0.15, 0.2) is 42.5 Å². The largest absolute Gasteiger partial charge is 0.324 e. The van der Waals surface area contributed by atoms with Crippen LogP contribution in [0.1, 0.15) is 30.9 Å². The Morgan fingerprint density at radius 2 is 1.86 bits per heavy atom. The summed E-state index contributed by atoms with van der Waals surface area (Å²) in [7, 11) is -3.83. The number of carbonyl (C=O) groups excluding carboxylic acids is 1. The molecule has 0 atom stereocenters. The molecule has 0 aliphatic rings. The first-order valence-corrected chi connectivity index (χ1v) is 10.5. The van der Waals surface area contributed by atoms with Crippen molar-refractivity contribution in [3.05, 3.63) is 63.7 Å². The van der Waals surface area contributed by atoms with Crippen LogP contribution in [0.25, 0.3) is 0 Å². The Bertz CT molecular complexity index is 1000. The van der Waals surface area contributed by atoms with Gasteiger partial charge in [0.05, 0.1) is 16.9 Å². The third kappa shape index (κ3) is 5.07. The summed E-state index contributed by atoms with van der Waals surface area (Å²) in [5, 5.41) is 13.8. The number of rotatable bonds is 7. The van der Waals surface area contributed by atoms with E-state index in [4.69, 9.17) is 0 Å². The van der Waals surface area contributed by atoms with E-state index in [9.17, 15) is 23.3 Å². The Balaban J connectivity index is 2.34. The summed E-state index contributed by atoms with van der Waals surface area (Å²) in [4.78, 5) is 23.0. The fraction of sp³-hybridized carbons (Fsp3) is 0.316. The van der Waals surface area contributed by atoms with Gasteiger partial charge in [-0.05, 0) is 30.0 Å². The lowest BCUT2D eigenvalue weighted by molar-refractivity contribution is -0.384. The van der Waals surface area contributed by atoms with E-state index in [1.165, 1.54) is 18.2 Å². The molecule has 150 valence electrons. The van der Waals surface area contributed by atoms with Crippen molar-refractivity contribution in [1.29, 1.82) is 0 Å². The van der Waals surface area contributed by atoms with Crippen molar-refractivity contribution in [2.24, 2.45) is 0 Å². The monoisotopic (exact) mass is 405 g/mol. The van der Waals surface area contributed by atoms with Crippen LogP contribution < -0.4 is 9.62 Å². The van der Waals surface area contributed by atoms with Crippen molar-refractivity contribution in [2.75, 3.05) is 22.4 Å². The summed E-state index contributed by atoms with van der Waals surface area (Å²) >= 11 is 0. The molecule has 0 unspecified atom stereocenters. The van der Waals surface area contributed by atoms with E-state index in [-0.39, 0.29) is 17.3 Å². The second kappa shape index (κ2) is 8.39. The fourth-order valence-corrected chi connectivity index (χ4v) is 3.66. The predicted molar refractivity (Wildman–Crippen MR) is 109 cm³/mol. The molecule has 2 aromatic carbocycles. The molecule has 0 saturated carbocycles. The van der Waals surface area contributed by atoms with Crippen molar-refractivity contribution >= 4 is 33.0 Å². The molecule has 0 heterocycles. The molecule has 0 spiro atoms. The minimum Gasteiger partial charge on any atom is -0.324 e. The van der Waals surface area contributed by atoms with Crippen molar-refractivity contribution in [2.45, 2.75) is 26.7 Å². The molecule has 9 heteroatoms. The van der Waals surface area contributed by atoms with Gasteiger partial charge in [0.25, 0.3) is 5.69 Å². The van der Waals surface area contributed by atoms with E-state index in [0.29, 0.717) is 5.69 Å². The van der Waals surface area contributed by atoms with Crippen LogP contribution in [0.2, 0.25) is 0 Å². The predicted octanol–water partition coefficient (Wildman–Crippen LogP) is 3.43. The molecular weight excluding hydrogens is 382 g/mol. The number of benzene rings is 2. The second-order valence-electron chi connectivity index (χ2n) is 6.79. The Morgan fingerprint density at radius 3 is 2.43 bits per heavy atom. The summed E-state index contributed by atoms with van der Waals surface area (Å²) in [6.07, 6.45) is 0.951. The summed E-state index contributed by atoms with van der Waals surface area (Å²) < 4.78 is 25.3. The quantitative estimate of drug-likeness (QED) is 0.560. The molecule has 8 nitrogen and oxygen atoms in total. The molecule has 0 aliphatic heterocycles. The Morgan fingerprint density at radius 1 is 1.21 bits per heavy atom. The maximum absolute atomic E-state index is 12.6. The van der Waals surface area contributed by atoms with Crippen molar-refractivity contribution in [3.63, 3.8) is 0 Å². The van der Waals surface area contributed by atoms with Crippen molar-refractivity contribution in [1.82, 2.24) is 0 Å². The zero-order valence-corrected chi connectivity index (χ0v) is 17.0. The highest BCUT2D eigenvalue weighted by Gasteiger charge is 2.23. The number of anilines is 2. The first-order valence-electron chi connectivity index (χ1n) is 8.62. The van der Waals surface area contributed by atoms with Crippen LogP contribution in [0.5, 0.6) is 0 Å². The number of nitro groups is 1. The van der Waals surface area contributed by atoms with Gasteiger partial charge in [0.15, 0.2) is 0 Å². The zero-order chi connectivity index (χ0) is 21.1. The lowest BCUT2D eigenvalue weighted by Crippen LogP contribution is -2.37. The standard InChI is InChI=1S/C19H23N3O5S/c1-13(2)17-10-5-7-14(3)19(17)20-18(23)12-21(28(4,26)27)15-8-6-9-16(11-15)22(24)25/h5-11,13H,12H2,1-4H3,(H,20,23). The Labute approximate surface area is 164 Å². The summed E-state index contributed by atoms with van der Waals surface area (Å²) in [5.41, 5.74) is 2.25. The number of para-hydroxylation sites is 1. The fourth-order valence-electron chi connectivity index (χ4n) is 2.81. The van der Waals surface area contributed by atoms with Crippen LogP contribution in [0, 0.1) is 17.0 Å². The van der Waals surface area contributed by atoms with Gasteiger partial charge in [0.2, 0.25) is 15.9 Å². The number of nitrogens with zero attached hydrogens (tertiary/aromatic N) is 2. The van der Waals surface area contributed by atoms with E-state index >= 15 is 0 Å². The first kappa shape index (κ1) is 21.4. The first-order chi connectivity index (χ1) is 13.0. The van der Waals surface area contributed by atoms with Gasteiger partial charge >= 0.3 is 0 Å². The highest BCUT2D eigenvalue weighted by atomic mass is 32.2. The molecule has 0 fully saturated rings. The number of non-ortho nitro benzene ring substituents is 1. The lowest BCUT2D eigenvalue weighted by atomic mass is 9.98. The average Bonchev–Trinajstić information content (AvgIpc) is 2.60. The number of carbonyl (C=O) groups is 1. The number of amides is 1. The van der Waals surface area contributed by atoms with E-state index < -0.39 is 27.4 Å². The SMILES string of the molecule is Cc1cccc(C(C)C)c1NC(=O)CN(c1cccc([N+](=O)[O-])c1)S(C)(=O)=O. The number of hydrogen-bond donors (Lipinski definition) is 1. The highest BCUT2D eigenvalue weighted by molar-refractivity contribution is 7.92. The minimum atomic E-state index is -3.83. The number of aryl methyl sites for hydroxylation is 1. The Kier molecular flexibility index (Phi) is 6.40. The van der Waals surface area contributed by atoms with E-state index in [1.54, 1.807) is 0 Å². The molecule has 2 rings (SSSR count).